The molecule has 3 heteroatoms. The third kappa shape index (κ3) is 3.66. The summed E-state index contributed by atoms with van der Waals surface area (Å²) >= 11 is 0. The Morgan fingerprint density at radius 2 is 1.89 bits per heavy atom. The van der Waals surface area contributed by atoms with E-state index in [0.717, 1.165) is 22.7 Å². The quantitative estimate of drug-likeness (QED) is 0.891. The lowest BCUT2D eigenvalue weighted by atomic mass is 10.2. The van der Waals surface area contributed by atoms with E-state index in [1.807, 2.05) is 61.5 Å². The van der Waals surface area contributed by atoms with Crippen LogP contribution in [0.15, 0.2) is 48.5 Å². The summed E-state index contributed by atoms with van der Waals surface area (Å²) in [6.07, 6.45) is 4.02. The topological polar surface area (TPSA) is 48.1 Å². The molecule has 2 aromatic rings. The van der Waals surface area contributed by atoms with Crippen LogP contribution in [0.3, 0.4) is 0 Å². The number of pyridine rings is 1. The molecule has 98 valence electrons. The van der Waals surface area contributed by atoms with E-state index in [1.165, 1.54) is 0 Å². The predicted molar refractivity (Wildman–Crippen MR) is 77.6 cm³/mol. The average molecular weight is 254 g/mol. The van der Waals surface area contributed by atoms with Crippen molar-refractivity contribution in [2.45, 2.75) is 20.1 Å². The summed E-state index contributed by atoms with van der Waals surface area (Å²) in [5.41, 5.74) is 8.41. The lowest BCUT2D eigenvalue weighted by Gasteiger charge is -2.09. The van der Waals surface area contributed by atoms with E-state index in [2.05, 4.69) is 4.98 Å². The van der Waals surface area contributed by atoms with Crippen LogP contribution in [0.1, 0.15) is 23.9 Å². The largest absolute Gasteiger partial charge is 0.487 e. The predicted octanol–water partition coefficient (Wildman–Crippen LogP) is 3.15. The van der Waals surface area contributed by atoms with E-state index in [4.69, 9.17) is 10.5 Å². The van der Waals surface area contributed by atoms with Crippen molar-refractivity contribution in [2.24, 2.45) is 5.73 Å². The number of aromatic nitrogens is 1. The fourth-order valence-electron chi connectivity index (χ4n) is 1.80. The number of rotatable bonds is 5. The number of nitrogens with zero attached hydrogens (tertiary/aromatic N) is 1. The SMILES string of the molecule is C/C=C/c1ccccc1OCc1cccc(CN)n1. The summed E-state index contributed by atoms with van der Waals surface area (Å²) in [6, 6.07) is 13.8. The van der Waals surface area contributed by atoms with Crippen LogP contribution in [-0.4, -0.2) is 4.98 Å². The molecule has 0 bridgehead atoms. The minimum Gasteiger partial charge on any atom is -0.487 e. The van der Waals surface area contributed by atoms with Crippen LogP contribution in [0.25, 0.3) is 6.08 Å². The van der Waals surface area contributed by atoms with Crippen molar-refractivity contribution in [1.82, 2.24) is 4.98 Å². The lowest BCUT2D eigenvalue weighted by Crippen LogP contribution is -2.04. The van der Waals surface area contributed by atoms with Gasteiger partial charge in [0, 0.05) is 12.1 Å². The summed E-state index contributed by atoms with van der Waals surface area (Å²) in [6.45, 7) is 2.88. The highest BCUT2D eigenvalue weighted by Crippen LogP contribution is 2.20. The number of ether oxygens (including phenoxy) is 1. The van der Waals surface area contributed by atoms with Crippen LogP contribution in [0, 0.1) is 0 Å². The molecule has 0 aliphatic carbocycles. The van der Waals surface area contributed by atoms with E-state index in [-0.39, 0.29) is 0 Å². The maximum atomic E-state index is 5.82. The van der Waals surface area contributed by atoms with Gasteiger partial charge < -0.3 is 10.5 Å². The molecular formula is C16H18N2O. The molecule has 1 heterocycles. The standard InChI is InChI=1S/C16H18N2O/c1-2-6-13-7-3-4-10-16(13)19-12-15-9-5-8-14(11-17)18-15/h2-10H,11-12,17H2,1H3/b6-2+. The molecule has 0 fully saturated rings. The third-order valence-corrected chi connectivity index (χ3v) is 2.71. The van der Waals surface area contributed by atoms with Crippen LogP contribution in [0.5, 0.6) is 5.75 Å². The zero-order chi connectivity index (χ0) is 13.5. The molecule has 0 spiro atoms. The fraction of sp³-hybridized carbons (Fsp3) is 0.188. The maximum absolute atomic E-state index is 5.82. The molecule has 0 aliphatic rings. The Hall–Kier alpha value is -2.13. The highest BCUT2D eigenvalue weighted by molar-refractivity contribution is 5.56. The van der Waals surface area contributed by atoms with Gasteiger partial charge in [-0.1, -0.05) is 36.4 Å². The van der Waals surface area contributed by atoms with E-state index in [9.17, 15) is 0 Å². The van der Waals surface area contributed by atoms with Gasteiger partial charge in [0.2, 0.25) is 0 Å². The molecule has 0 saturated carbocycles. The zero-order valence-electron chi connectivity index (χ0n) is 11.0. The smallest absolute Gasteiger partial charge is 0.130 e. The third-order valence-electron chi connectivity index (χ3n) is 2.71. The first-order valence-electron chi connectivity index (χ1n) is 6.33. The summed E-state index contributed by atoms with van der Waals surface area (Å²) in [5.74, 6) is 0.862. The Bertz CT molecular complexity index is 564. The van der Waals surface area contributed by atoms with Gasteiger partial charge in [-0.25, -0.2) is 0 Å². The van der Waals surface area contributed by atoms with Crippen LogP contribution < -0.4 is 10.5 Å². The van der Waals surface area contributed by atoms with Crippen molar-refractivity contribution < 1.29 is 4.74 Å². The number of allylic oxidation sites excluding steroid dienone is 1. The Morgan fingerprint density at radius 1 is 1.11 bits per heavy atom. The van der Waals surface area contributed by atoms with Crippen molar-refractivity contribution >= 4 is 6.08 Å². The van der Waals surface area contributed by atoms with Gasteiger partial charge in [0.15, 0.2) is 0 Å². The van der Waals surface area contributed by atoms with Crippen molar-refractivity contribution in [1.29, 1.82) is 0 Å². The average Bonchev–Trinajstić information content (AvgIpc) is 2.47. The highest BCUT2D eigenvalue weighted by Gasteiger charge is 2.01. The zero-order valence-corrected chi connectivity index (χ0v) is 11.0. The van der Waals surface area contributed by atoms with Gasteiger partial charge in [-0.05, 0) is 25.1 Å². The van der Waals surface area contributed by atoms with Gasteiger partial charge in [-0.15, -0.1) is 0 Å². The van der Waals surface area contributed by atoms with E-state index < -0.39 is 0 Å². The summed E-state index contributed by atoms with van der Waals surface area (Å²) in [4.78, 5) is 4.41. The van der Waals surface area contributed by atoms with Crippen LogP contribution in [-0.2, 0) is 13.2 Å². The molecular weight excluding hydrogens is 236 g/mol. The second kappa shape index (κ2) is 6.71. The van der Waals surface area contributed by atoms with Gasteiger partial charge in [0.1, 0.15) is 12.4 Å². The van der Waals surface area contributed by atoms with Crippen LogP contribution >= 0.6 is 0 Å². The van der Waals surface area contributed by atoms with Crippen molar-refractivity contribution in [3.05, 3.63) is 65.5 Å². The second-order valence-corrected chi connectivity index (χ2v) is 4.15. The van der Waals surface area contributed by atoms with Crippen molar-refractivity contribution in [3.8, 4) is 5.75 Å². The maximum Gasteiger partial charge on any atom is 0.130 e. The van der Waals surface area contributed by atoms with Crippen LogP contribution in [0.2, 0.25) is 0 Å². The molecule has 0 aliphatic heterocycles. The number of benzene rings is 1. The Kier molecular flexibility index (Phi) is 4.70. The molecule has 0 saturated heterocycles. The lowest BCUT2D eigenvalue weighted by molar-refractivity contribution is 0.300. The molecule has 2 rings (SSSR count). The van der Waals surface area contributed by atoms with Gasteiger partial charge in [-0.2, -0.15) is 0 Å². The number of para-hydroxylation sites is 1. The van der Waals surface area contributed by atoms with Crippen LogP contribution in [0.4, 0.5) is 0 Å². The molecule has 0 unspecified atom stereocenters. The minimum absolute atomic E-state index is 0.447. The van der Waals surface area contributed by atoms with Crippen molar-refractivity contribution in [2.75, 3.05) is 0 Å². The minimum atomic E-state index is 0.447. The highest BCUT2D eigenvalue weighted by atomic mass is 16.5. The second-order valence-electron chi connectivity index (χ2n) is 4.15. The molecule has 19 heavy (non-hydrogen) atoms. The molecule has 2 N–H and O–H groups in total. The number of nitrogens with two attached hydrogens (primary N) is 1. The van der Waals surface area contributed by atoms with E-state index >= 15 is 0 Å². The summed E-state index contributed by atoms with van der Waals surface area (Å²) in [5, 5.41) is 0. The molecule has 1 aromatic heterocycles. The molecule has 0 amide bonds. The molecule has 1 aromatic carbocycles. The van der Waals surface area contributed by atoms with E-state index in [1.54, 1.807) is 0 Å². The van der Waals surface area contributed by atoms with Gasteiger partial charge in [0.05, 0.1) is 11.4 Å². The molecule has 0 atom stereocenters. The Labute approximate surface area is 113 Å². The first kappa shape index (κ1) is 13.3. The van der Waals surface area contributed by atoms with Gasteiger partial charge in [-0.3, -0.25) is 4.98 Å². The Morgan fingerprint density at radius 3 is 2.68 bits per heavy atom. The van der Waals surface area contributed by atoms with Gasteiger partial charge in [0.25, 0.3) is 0 Å². The molecule has 3 nitrogen and oxygen atoms in total. The normalized spacial score (nSPS) is 10.8. The number of hydrogen-bond acceptors (Lipinski definition) is 3. The van der Waals surface area contributed by atoms with Gasteiger partial charge >= 0.3 is 0 Å². The van der Waals surface area contributed by atoms with Crippen molar-refractivity contribution in [3.63, 3.8) is 0 Å². The summed E-state index contributed by atoms with van der Waals surface area (Å²) in [7, 11) is 0. The Balaban J connectivity index is 2.09. The first-order valence-corrected chi connectivity index (χ1v) is 6.33. The fourth-order valence-corrected chi connectivity index (χ4v) is 1.80. The number of hydrogen-bond donors (Lipinski definition) is 1. The first-order chi connectivity index (χ1) is 9.33. The van der Waals surface area contributed by atoms with E-state index in [0.29, 0.717) is 13.2 Å². The monoisotopic (exact) mass is 254 g/mol. The summed E-state index contributed by atoms with van der Waals surface area (Å²) < 4.78 is 5.82. The molecule has 0 radical (unpaired) electrons.